The average molecular weight is 468 g/mol. The molecule has 1 aromatic carbocycles. The van der Waals surface area contributed by atoms with Gasteiger partial charge in [-0.15, -0.1) is 0 Å². The Morgan fingerprint density at radius 2 is 1.79 bits per heavy atom. The first-order chi connectivity index (χ1) is 13.7. The number of hydroxylamine groups is 2. The summed E-state index contributed by atoms with van der Waals surface area (Å²) in [6.07, 6.45) is 4.03. The topological polar surface area (TPSA) is 65.1 Å². The van der Waals surface area contributed by atoms with E-state index < -0.39 is 24.0 Å². The molecule has 29 heavy (non-hydrogen) atoms. The van der Waals surface area contributed by atoms with E-state index in [0.29, 0.717) is 5.56 Å². The van der Waals surface area contributed by atoms with Crippen molar-refractivity contribution in [2.24, 2.45) is 5.92 Å². The van der Waals surface area contributed by atoms with Gasteiger partial charge >= 0.3 is 6.09 Å². The third-order valence-electron chi connectivity index (χ3n) is 5.15. The molecule has 0 bridgehead atoms. The maximum absolute atomic E-state index is 12.8. The van der Waals surface area contributed by atoms with Gasteiger partial charge in [-0.05, 0) is 45.7 Å². The minimum absolute atomic E-state index is 0.0497. The highest BCUT2D eigenvalue weighted by molar-refractivity contribution is 9.10. The lowest BCUT2D eigenvalue weighted by Crippen LogP contribution is -2.55. The molecule has 1 amide bonds. The summed E-state index contributed by atoms with van der Waals surface area (Å²) in [5, 5.41) is 1.24. The number of nitrogens with zero attached hydrogens (tertiary/aromatic N) is 1. The summed E-state index contributed by atoms with van der Waals surface area (Å²) in [6.45, 7) is 5.74. The fourth-order valence-corrected chi connectivity index (χ4v) is 4.05. The first-order valence-electron chi connectivity index (χ1n) is 10.3. The summed E-state index contributed by atoms with van der Waals surface area (Å²) in [4.78, 5) is 31.4. The monoisotopic (exact) mass is 467 g/mol. The minimum Gasteiger partial charge on any atom is -0.442 e. The Bertz CT molecular complexity index is 709. The van der Waals surface area contributed by atoms with Crippen LogP contribution in [0.15, 0.2) is 28.7 Å². The molecular weight excluding hydrogens is 438 g/mol. The predicted octanol–water partition coefficient (Wildman–Crippen LogP) is 5.50. The van der Waals surface area contributed by atoms with Crippen LogP contribution in [-0.2, 0) is 14.3 Å². The second-order valence-electron chi connectivity index (χ2n) is 8.79. The number of Topliss-reactive ketones (excluding diaryl/α,β-unsaturated/α-hetero) is 1. The third kappa shape index (κ3) is 6.27. The van der Waals surface area contributed by atoms with E-state index in [1.165, 1.54) is 11.5 Å². The standard InChI is InChI=1S/C22H30BrNO5/c1-22(2,3)28-21(26)24-20(16-7-5-4-6-8-16)27-14-18(29-24)13-19(25)15-9-11-17(23)12-10-15/h9-12,16,18,20H,4-8,13-14H2,1-3H3/t18-,20-/m1/s1. The molecule has 1 aromatic rings. The van der Waals surface area contributed by atoms with E-state index in [0.717, 1.165) is 30.2 Å². The van der Waals surface area contributed by atoms with E-state index in [1.807, 2.05) is 32.9 Å². The SMILES string of the molecule is CC(C)(C)OC(=O)N1O[C@H](CC(=O)c2ccc(Br)cc2)CO[C@@H]1C1CCCCC1. The zero-order valence-corrected chi connectivity index (χ0v) is 18.9. The Hall–Kier alpha value is -1.44. The molecule has 0 aromatic heterocycles. The number of hydrogen-bond donors (Lipinski definition) is 0. The van der Waals surface area contributed by atoms with Crippen LogP contribution in [0.5, 0.6) is 0 Å². The summed E-state index contributed by atoms with van der Waals surface area (Å²) >= 11 is 3.37. The highest BCUT2D eigenvalue weighted by atomic mass is 79.9. The van der Waals surface area contributed by atoms with Gasteiger partial charge in [-0.2, -0.15) is 5.06 Å². The van der Waals surface area contributed by atoms with E-state index in [-0.39, 0.29) is 24.7 Å². The van der Waals surface area contributed by atoms with Gasteiger partial charge in [-0.25, -0.2) is 4.79 Å². The molecule has 2 aliphatic rings. The quantitative estimate of drug-likeness (QED) is 0.547. The molecule has 1 saturated heterocycles. The van der Waals surface area contributed by atoms with Crippen molar-refractivity contribution in [2.45, 2.75) is 77.2 Å². The Labute approximate surface area is 181 Å². The van der Waals surface area contributed by atoms with Crippen LogP contribution in [0.25, 0.3) is 0 Å². The summed E-state index contributed by atoms with van der Waals surface area (Å²) in [5.74, 6) is 0.172. The summed E-state index contributed by atoms with van der Waals surface area (Å²) in [7, 11) is 0. The molecular formula is C22H30BrNO5. The lowest BCUT2D eigenvalue weighted by molar-refractivity contribution is -0.322. The van der Waals surface area contributed by atoms with Crippen LogP contribution < -0.4 is 0 Å². The van der Waals surface area contributed by atoms with Crippen LogP contribution in [0.2, 0.25) is 0 Å². The summed E-state index contributed by atoms with van der Waals surface area (Å²) < 4.78 is 12.5. The van der Waals surface area contributed by atoms with Gasteiger partial charge in [0.1, 0.15) is 11.7 Å². The normalized spacial score (nSPS) is 23.7. The fourth-order valence-electron chi connectivity index (χ4n) is 3.78. The lowest BCUT2D eigenvalue weighted by atomic mass is 9.87. The largest absolute Gasteiger partial charge is 0.442 e. The Balaban J connectivity index is 1.69. The van der Waals surface area contributed by atoms with Gasteiger partial charge in [0.2, 0.25) is 0 Å². The van der Waals surface area contributed by atoms with Gasteiger partial charge in [0.05, 0.1) is 6.61 Å². The van der Waals surface area contributed by atoms with Crippen LogP contribution in [-0.4, -0.2) is 41.5 Å². The Morgan fingerprint density at radius 1 is 1.14 bits per heavy atom. The third-order valence-corrected chi connectivity index (χ3v) is 5.68. The second-order valence-corrected chi connectivity index (χ2v) is 9.71. The van der Waals surface area contributed by atoms with Crippen molar-refractivity contribution < 1.29 is 23.9 Å². The molecule has 0 spiro atoms. The zero-order valence-electron chi connectivity index (χ0n) is 17.4. The highest BCUT2D eigenvalue weighted by Crippen LogP contribution is 2.33. The maximum Gasteiger partial charge on any atom is 0.437 e. The number of ketones is 1. The van der Waals surface area contributed by atoms with Crippen LogP contribution in [0.3, 0.4) is 0 Å². The molecule has 2 atom stereocenters. The number of carbonyl (C=O) groups is 2. The van der Waals surface area contributed by atoms with E-state index in [4.69, 9.17) is 14.3 Å². The number of carbonyl (C=O) groups excluding carboxylic acids is 2. The molecule has 3 rings (SSSR count). The molecule has 1 saturated carbocycles. The molecule has 0 radical (unpaired) electrons. The van der Waals surface area contributed by atoms with E-state index >= 15 is 0 Å². The number of amides is 1. The first-order valence-corrected chi connectivity index (χ1v) is 11.1. The number of hydrogen-bond acceptors (Lipinski definition) is 5. The van der Waals surface area contributed by atoms with Gasteiger partial charge in [-0.3, -0.25) is 9.63 Å². The molecule has 1 heterocycles. The molecule has 160 valence electrons. The second kappa shape index (κ2) is 9.58. The highest BCUT2D eigenvalue weighted by Gasteiger charge is 2.41. The minimum atomic E-state index is -0.641. The maximum atomic E-state index is 12.8. The zero-order chi connectivity index (χ0) is 21.0. The van der Waals surface area contributed by atoms with Gasteiger partial charge in [0.15, 0.2) is 12.0 Å². The van der Waals surface area contributed by atoms with Gasteiger partial charge in [0, 0.05) is 22.4 Å². The fraction of sp³-hybridized carbons (Fsp3) is 0.636. The van der Waals surface area contributed by atoms with Crippen molar-refractivity contribution in [3.8, 4) is 0 Å². The van der Waals surface area contributed by atoms with Gasteiger partial charge in [0.25, 0.3) is 0 Å². The number of ether oxygens (including phenoxy) is 2. The summed E-state index contributed by atoms with van der Waals surface area (Å²) in [5.41, 5.74) is -0.0346. The van der Waals surface area contributed by atoms with Gasteiger partial charge < -0.3 is 9.47 Å². The number of rotatable bonds is 4. The predicted molar refractivity (Wildman–Crippen MR) is 112 cm³/mol. The van der Waals surface area contributed by atoms with Crippen molar-refractivity contribution in [3.63, 3.8) is 0 Å². The Morgan fingerprint density at radius 3 is 2.41 bits per heavy atom. The molecule has 0 N–H and O–H groups in total. The van der Waals surface area contributed by atoms with Crippen molar-refractivity contribution in [3.05, 3.63) is 34.3 Å². The molecule has 7 heteroatoms. The lowest BCUT2D eigenvalue weighted by Gasteiger charge is -2.42. The van der Waals surface area contributed by atoms with Crippen molar-refractivity contribution in [1.82, 2.24) is 5.06 Å². The number of halogens is 1. The van der Waals surface area contributed by atoms with Crippen molar-refractivity contribution in [1.29, 1.82) is 0 Å². The summed E-state index contributed by atoms with van der Waals surface area (Å²) in [6, 6.07) is 7.20. The van der Waals surface area contributed by atoms with E-state index in [2.05, 4.69) is 15.9 Å². The number of benzene rings is 1. The van der Waals surface area contributed by atoms with Crippen LogP contribution in [0.1, 0.15) is 69.7 Å². The van der Waals surface area contributed by atoms with Gasteiger partial charge in [-0.1, -0.05) is 47.3 Å². The Kier molecular flexibility index (Phi) is 7.35. The first kappa shape index (κ1) is 22.2. The molecule has 1 aliphatic heterocycles. The smallest absolute Gasteiger partial charge is 0.437 e. The molecule has 6 nitrogen and oxygen atoms in total. The van der Waals surface area contributed by atoms with Crippen LogP contribution >= 0.6 is 15.9 Å². The van der Waals surface area contributed by atoms with E-state index in [1.54, 1.807) is 12.1 Å². The molecule has 2 fully saturated rings. The molecule has 0 unspecified atom stereocenters. The van der Waals surface area contributed by atoms with Crippen LogP contribution in [0, 0.1) is 5.92 Å². The molecule has 1 aliphatic carbocycles. The van der Waals surface area contributed by atoms with Crippen LogP contribution in [0.4, 0.5) is 4.79 Å². The average Bonchev–Trinajstić information content (AvgIpc) is 2.68. The van der Waals surface area contributed by atoms with E-state index in [9.17, 15) is 9.59 Å². The van der Waals surface area contributed by atoms with Crippen molar-refractivity contribution >= 4 is 27.8 Å². The van der Waals surface area contributed by atoms with Crippen molar-refractivity contribution in [2.75, 3.05) is 6.61 Å².